The van der Waals surface area contributed by atoms with Crippen molar-refractivity contribution in [2.24, 2.45) is 11.8 Å². The Labute approximate surface area is 126 Å². The van der Waals surface area contributed by atoms with E-state index in [1.165, 1.54) is 30.4 Å². The molecule has 1 nitrogen and oxygen atoms in total. The predicted octanol–water partition coefficient (Wildman–Crippen LogP) is 5.15. The van der Waals surface area contributed by atoms with E-state index in [1.54, 1.807) is 0 Å². The van der Waals surface area contributed by atoms with Gasteiger partial charge in [-0.2, -0.15) is 0 Å². The molecule has 0 saturated carbocycles. The largest absolute Gasteiger partial charge is 0.316 e. The Balaban J connectivity index is 2.70. The molecule has 1 N–H and O–H groups in total. The number of aryl methyl sites for hydroxylation is 1. The highest BCUT2D eigenvalue weighted by atomic mass is 14.9. The minimum absolute atomic E-state index is 0.650. The first-order valence-corrected chi connectivity index (χ1v) is 8.30. The van der Waals surface area contributed by atoms with Gasteiger partial charge in [0.15, 0.2) is 0 Å². The molecule has 0 aliphatic heterocycles. The van der Waals surface area contributed by atoms with Crippen LogP contribution in [0, 0.1) is 18.8 Å². The summed E-state index contributed by atoms with van der Waals surface area (Å²) in [6.07, 6.45) is 3.93. The Morgan fingerprint density at radius 3 is 2.35 bits per heavy atom. The Morgan fingerprint density at radius 1 is 1.05 bits per heavy atom. The number of rotatable bonds is 9. The van der Waals surface area contributed by atoms with Gasteiger partial charge in [0.05, 0.1) is 0 Å². The van der Waals surface area contributed by atoms with Crippen LogP contribution in [0.5, 0.6) is 0 Å². The van der Waals surface area contributed by atoms with Gasteiger partial charge in [0, 0.05) is 6.54 Å². The van der Waals surface area contributed by atoms with E-state index in [0.29, 0.717) is 5.92 Å². The van der Waals surface area contributed by atoms with Crippen molar-refractivity contribution in [2.45, 2.75) is 59.8 Å². The van der Waals surface area contributed by atoms with Crippen molar-refractivity contribution in [2.75, 3.05) is 13.1 Å². The molecule has 20 heavy (non-hydrogen) atoms. The fourth-order valence-corrected chi connectivity index (χ4v) is 3.01. The van der Waals surface area contributed by atoms with Crippen molar-refractivity contribution in [1.29, 1.82) is 0 Å². The van der Waals surface area contributed by atoms with Gasteiger partial charge in [-0.1, -0.05) is 64.8 Å². The number of hydrogen-bond donors (Lipinski definition) is 1. The van der Waals surface area contributed by atoms with Gasteiger partial charge in [0.25, 0.3) is 0 Å². The molecule has 0 heterocycles. The number of nitrogens with one attached hydrogen (secondary N) is 1. The Morgan fingerprint density at radius 2 is 1.75 bits per heavy atom. The zero-order chi connectivity index (χ0) is 15.0. The fourth-order valence-electron chi connectivity index (χ4n) is 3.01. The minimum atomic E-state index is 0.650. The molecule has 0 amide bonds. The molecule has 0 saturated heterocycles. The summed E-state index contributed by atoms with van der Waals surface area (Å²) in [5.41, 5.74) is 2.97. The molecule has 1 aromatic carbocycles. The van der Waals surface area contributed by atoms with E-state index >= 15 is 0 Å². The molecule has 0 aromatic heterocycles. The van der Waals surface area contributed by atoms with E-state index in [1.807, 2.05) is 0 Å². The molecular weight excluding hydrogens is 242 g/mol. The van der Waals surface area contributed by atoms with Crippen molar-refractivity contribution >= 4 is 0 Å². The van der Waals surface area contributed by atoms with Crippen LogP contribution >= 0.6 is 0 Å². The van der Waals surface area contributed by atoms with Crippen LogP contribution in [0.1, 0.15) is 64.0 Å². The second-order valence-corrected chi connectivity index (χ2v) is 6.74. The molecule has 1 heteroatoms. The molecule has 0 bridgehead atoms. The van der Waals surface area contributed by atoms with Crippen LogP contribution < -0.4 is 5.32 Å². The quantitative estimate of drug-likeness (QED) is 0.657. The maximum Gasteiger partial charge on any atom is 0.00204 e. The molecule has 1 rings (SSSR count). The van der Waals surface area contributed by atoms with Crippen molar-refractivity contribution < 1.29 is 0 Å². The lowest BCUT2D eigenvalue weighted by Crippen LogP contribution is -2.26. The zero-order valence-corrected chi connectivity index (χ0v) is 14.1. The molecule has 0 aliphatic rings. The van der Waals surface area contributed by atoms with E-state index in [-0.39, 0.29) is 0 Å². The number of hydrogen-bond acceptors (Lipinski definition) is 1. The van der Waals surface area contributed by atoms with Crippen molar-refractivity contribution in [3.8, 4) is 0 Å². The van der Waals surface area contributed by atoms with Gasteiger partial charge in [-0.05, 0) is 48.8 Å². The first-order valence-electron chi connectivity index (χ1n) is 8.30. The monoisotopic (exact) mass is 275 g/mol. The van der Waals surface area contributed by atoms with Gasteiger partial charge in [-0.3, -0.25) is 0 Å². The average molecular weight is 275 g/mol. The summed E-state index contributed by atoms with van der Waals surface area (Å²) < 4.78 is 0. The van der Waals surface area contributed by atoms with E-state index in [9.17, 15) is 0 Å². The van der Waals surface area contributed by atoms with Crippen LogP contribution in [-0.4, -0.2) is 13.1 Å². The zero-order valence-electron chi connectivity index (χ0n) is 14.1. The summed E-state index contributed by atoms with van der Waals surface area (Å²) in [6, 6.07) is 8.89. The van der Waals surface area contributed by atoms with Gasteiger partial charge < -0.3 is 5.32 Å². The predicted molar refractivity (Wildman–Crippen MR) is 90.3 cm³/mol. The van der Waals surface area contributed by atoms with Crippen LogP contribution in [0.3, 0.4) is 0 Å². The highest BCUT2D eigenvalue weighted by Gasteiger charge is 2.16. The molecule has 0 spiro atoms. The topological polar surface area (TPSA) is 12.0 Å². The van der Waals surface area contributed by atoms with Gasteiger partial charge in [-0.25, -0.2) is 0 Å². The molecular formula is C19H33N. The highest BCUT2D eigenvalue weighted by molar-refractivity contribution is 5.29. The third kappa shape index (κ3) is 6.09. The third-order valence-corrected chi connectivity index (χ3v) is 4.04. The Hall–Kier alpha value is -0.820. The van der Waals surface area contributed by atoms with E-state index in [2.05, 4.69) is 64.2 Å². The van der Waals surface area contributed by atoms with E-state index in [4.69, 9.17) is 0 Å². The third-order valence-electron chi connectivity index (χ3n) is 4.04. The molecule has 0 aliphatic carbocycles. The number of benzene rings is 1. The van der Waals surface area contributed by atoms with Crippen LogP contribution in [0.2, 0.25) is 0 Å². The maximum absolute atomic E-state index is 3.66. The van der Waals surface area contributed by atoms with Crippen molar-refractivity contribution in [1.82, 2.24) is 5.32 Å². The van der Waals surface area contributed by atoms with Gasteiger partial charge in [-0.15, -0.1) is 0 Å². The van der Waals surface area contributed by atoms with Crippen molar-refractivity contribution in [3.63, 3.8) is 0 Å². The standard InChI is InChI=1S/C19H33N/c1-6-9-16(4)12-18(14-20-13-15(2)3)19-11-8-7-10-17(19)5/h7-8,10-11,15-16,18,20H,6,9,12-14H2,1-5H3. The molecule has 1 aromatic rings. The lowest BCUT2D eigenvalue weighted by Gasteiger charge is -2.24. The molecule has 2 atom stereocenters. The van der Waals surface area contributed by atoms with Gasteiger partial charge in [0.1, 0.15) is 0 Å². The SMILES string of the molecule is CCCC(C)CC(CNCC(C)C)c1ccccc1C. The van der Waals surface area contributed by atoms with Crippen LogP contribution in [0.4, 0.5) is 0 Å². The summed E-state index contributed by atoms with van der Waals surface area (Å²) in [7, 11) is 0. The normalized spacial score (nSPS) is 14.5. The second-order valence-electron chi connectivity index (χ2n) is 6.74. The molecule has 2 unspecified atom stereocenters. The Kier molecular flexibility index (Phi) is 7.91. The maximum atomic E-state index is 3.66. The first-order chi connectivity index (χ1) is 9.54. The lowest BCUT2D eigenvalue weighted by atomic mass is 9.85. The first kappa shape index (κ1) is 17.2. The highest BCUT2D eigenvalue weighted by Crippen LogP contribution is 2.27. The van der Waals surface area contributed by atoms with E-state index in [0.717, 1.165) is 24.9 Å². The Bertz CT molecular complexity index is 370. The van der Waals surface area contributed by atoms with Crippen molar-refractivity contribution in [3.05, 3.63) is 35.4 Å². The summed E-state index contributed by atoms with van der Waals surface area (Å²) in [5, 5.41) is 3.66. The summed E-state index contributed by atoms with van der Waals surface area (Å²) in [6.45, 7) is 13.7. The fraction of sp³-hybridized carbons (Fsp3) is 0.684. The average Bonchev–Trinajstić information content (AvgIpc) is 2.38. The molecule has 0 radical (unpaired) electrons. The van der Waals surface area contributed by atoms with Crippen LogP contribution in [-0.2, 0) is 0 Å². The van der Waals surface area contributed by atoms with E-state index < -0.39 is 0 Å². The second kappa shape index (κ2) is 9.18. The smallest absolute Gasteiger partial charge is 0.00204 e. The van der Waals surface area contributed by atoms with Crippen LogP contribution in [0.25, 0.3) is 0 Å². The summed E-state index contributed by atoms with van der Waals surface area (Å²) >= 11 is 0. The van der Waals surface area contributed by atoms with Crippen LogP contribution in [0.15, 0.2) is 24.3 Å². The molecule has 0 fully saturated rings. The lowest BCUT2D eigenvalue weighted by molar-refractivity contribution is 0.411. The van der Waals surface area contributed by atoms with Gasteiger partial charge >= 0.3 is 0 Å². The minimum Gasteiger partial charge on any atom is -0.316 e. The molecule has 114 valence electrons. The summed E-state index contributed by atoms with van der Waals surface area (Å²) in [5.74, 6) is 2.18. The van der Waals surface area contributed by atoms with Gasteiger partial charge in [0.2, 0.25) is 0 Å². The summed E-state index contributed by atoms with van der Waals surface area (Å²) in [4.78, 5) is 0.